The third kappa shape index (κ3) is 1.93. The highest BCUT2D eigenvalue weighted by atomic mass is 19.1. The normalized spacial score (nSPS) is 10.9. The number of hydrogen-bond acceptors (Lipinski definition) is 0. The highest BCUT2D eigenvalue weighted by molar-refractivity contribution is 5.41. The van der Waals surface area contributed by atoms with E-state index in [2.05, 4.69) is 0 Å². The van der Waals surface area contributed by atoms with Crippen molar-refractivity contribution in [2.45, 2.75) is 40.0 Å². The lowest BCUT2D eigenvalue weighted by Gasteiger charge is -2.15. The maximum Gasteiger partial charge on any atom is 0.135 e. The van der Waals surface area contributed by atoms with E-state index in [9.17, 15) is 17.6 Å². The van der Waals surface area contributed by atoms with Crippen molar-refractivity contribution in [1.29, 1.82) is 0 Å². The molecule has 0 radical (unpaired) electrons. The van der Waals surface area contributed by atoms with Crippen molar-refractivity contribution in [2.75, 3.05) is 0 Å². The van der Waals surface area contributed by atoms with Gasteiger partial charge in [-0.2, -0.15) is 0 Å². The molecule has 4 heteroatoms. The molecular formula is C12H14F4. The van der Waals surface area contributed by atoms with Crippen LogP contribution in [-0.2, 0) is 26.2 Å². The van der Waals surface area contributed by atoms with Crippen LogP contribution in [0.2, 0.25) is 0 Å². The Hall–Kier alpha value is -1.06. The third-order valence-electron chi connectivity index (χ3n) is 2.76. The first-order chi connectivity index (χ1) is 7.62. The summed E-state index contributed by atoms with van der Waals surface area (Å²) in [5.74, 6) is -1.67. The van der Waals surface area contributed by atoms with Gasteiger partial charge in [0.25, 0.3) is 0 Å². The van der Waals surface area contributed by atoms with Gasteiger partial charge in [0, 0.05) is 11.1 Å². The molecule has 0 aromatic heterocycles. The Morgan fingerprint density at radius 2 is 1.12 bits per heavy atom. The van der Waals surface area contributed by atoms with Crippen LogP contribution in [0.3, 0.4) is 0 Å². The number of rotatable bonds is 4. The second kappa shape index (κ2) is 5.32. The van der Waals surface area contributed by atoms with Crippen molar-refractivity contribution in [2.24, 2.45) is 0 Å². The van der Waals surface area contributed by atoms with Crippen molar-refractivity contribution in [3.63, 3.8) is 0 Å². The summed E-state index contributed by atoms with van der Waals surface area (Å²) in [5.41, 5.74) is -0.565. The third-order valence-corrected chi connectivity index (χ3v) is 2.76. The van der Waals surface area contributed by atoms with E-state index in [4.69, 9.17) is 0 Å². The van der Waals surface area contributed by atoms with E-state index in [1.807, 2.05) is 0 Å². The van der Waals surface area contributed by atoms with E-state index >= 15 is 0 Å². The lowest BCUT2D eigenvalue weighted by atomic mass is 9.94. The van der Waals surface area contributed by atoms with Crippen LogP contribution in [0.1, 0.15) is 36.1 Å². The molecule has 1 rings (SSSR count). The van der Waals surface area contributed by atoms with Gasteiger partial charge in [-0.05, 0) is 24.0 Å². The summed E-state index contributed by atoms with van der Waals surface area (Å²) in [6.45, 7) is 1.07. The van der Waals surface area contributed by atoms with Gasteiger partial charge in [0.15, 0.2) is 0 Å². The van der Waals surface area contributed by atoms with E-state index in [0.29, 0.717) is 0 Å². The second-order valence-electron chi connectivity index (χ2n) is 3.52. The minimum Gasteiger partial charge on any atom is -0.246 e. The summed E-state index contributed by atoms with van der Waals surface area (Å²) >= 11 is 0. The lowest BCUT2D eigenvalue weighted by Crippen LogP contribution is -2.09. The first-order valence-corrected chi connectivity index (χ1v) is 5.24. The van der Waals surface area contributed by atoms with E-state index < -0.39 is 25.0 Å². The zero-order valence-electron chi connectivity index (χ0n) is 9.34. The van der Waals surface area contributed by atoms with Gasteiger partial charge in [0.2, 0.25) is 0 Å². The van der Waals surface area contributed by atoms with Crippen molar-refractivity contribution in [1.82, 2.24) is 0 Å². The van der Waals surface area contributed by atoms with Crippen LogP contribution in [-0.4, -0.2) is 0 Å². The summed E-state index contributed by atoms with van der Waals surface area (Å²) in [4.78, 5) is 0. The Bertz CT molecular complexity index is 354. The molecule has 0 N–H and O–H groups in total. The topological polar surface area (TPSA) is 0 Å². The maximum atomic E-state index is 13.8. The average Bonchev–Trinajstić information content (AvgIpc) is 2.29. The Kier molecular flexibility index (Phi) is 4.33. The molecule has 0 heterocycles. The zero-order chi connectivity index (χ0) is 12.3. The molecular weight excluding hydrogens is 220 g/mol. The largest absolute Gasteiger partial charge is 0.246 e. The first-order valence-electron chi connectivity index (χ1n) is 5.24. The fourth-order valence-electron chi connectivity index (χ4n) is 1.89. The van der Waals surface area contributed by atoms with E-state index in [0.717, 1.165) is 0 Å². The van der Waals surface area contributed by atoms with Gasteiger partial charge in [0.05, 0.1) is 0 Å². The minimum absolute atomic E-state index is 0.0911. The molecule has 0 nitrogen and oxygen atoms in total. The molecule has 90 valence electrons. The van der Waals surface area contributed by atoms with Gasteiger partial charge in [0.1, 0.15) is 25.0 Å². The molecule has 0 aliphatic rings. The van der Waals surface area contributed by atoms with Gasteiger partial charge in [-0.25, -0.2) is 17.6 Å². The highest BCUT2D eigenvalue weighted by Crippen LogP contribution is 2.28. The van der Waals surface area contributed by atoms with Gasteiger partial charge in [-0.15, -0.1) is 0 Å². The van der Waals surface area contributed by atoms with Gasteiger partial charge >= 0.3 is 0 Å². The SMILES string of the molecule is CCc1c(F)c(CC)c(CF)c(CF)c1F. The quantitative estimate of drug-likeness (QED) is 0.690. The smallest absolute Gasteiger partial charge is 0.135 e. The van der Waals surface area contributed by atoms with Crippen LogP contribution in [0, 0.1) is 11.6 Å². The number of benzene rings is 1. The summed E-state index contributed by atoms with van der Waals surface area (Å²) < 4.78 is 52.8. The van der Waals surface area contributed by atoms with Gasteiger partial charge in [-0.3, -0.25) is 0 Å². The second-order valence-corrected chi connectivity index (χ2v) is 3.52. The first kappa shape index (κ1) is 13.0. The minimum atomic E-state index is -1.11. The molecule has 0 bridgehead atoms. The Balaban J connectivity index is 3.61. The summed E-state index contributed by atoms with van der Waals surface area (Å²) in [6, 6.07) is 0. The van der Waals surface area contributed by atoms with Crippen LogP contribution in [0.15, 0.2) is 0 Å². The molecule has 0 amide bonds. The number of halogens is 4. The van der Waals surface area contributed by atoms with Crippen molar-refractivity contribution < 1.29 is 17.6 Å². The van der Waals surface area contributed by atoms with E-state index in [-0.39, 0.29) is 35.1 Å². The van der Waals surface area contributed by atoms with E-state index in [1.54, 1.807) is 13.8 Å². The van der Waals surface area contributed by atoms with Crippen LogP contribution in [0.4, 0.5) is 17.6 Å². The Morgan fingerprint density at radius 1 is 0.688 bits per heavy atom. The Morgan fingerprint density at radius 3 is 1.50 bits per heavy atom. The summed E-state index contributed by atoms with van der Waals surface area (Å²) in [5, 5.41) is 0. The molecule has 0 aliphatic heterocycles. The molecule has 1 aromatic carbocycles. The molecule has 0 saturated heterocycles. The maximum absolute atomic E-state index is 13.8. The summed E-state index contributed by atoms with van der Waals surface area (Å²) in [6.07, 6.45) is 0.357. The number of hydrogen-bond donors (Lipinski definition) is 0. The van der Waals surface area contributed by atoms with Crippen molar-refractivity contribution in [3.05, 3.63) is 33.9 Å². The molecule has 0 fully saturated rings. The van der Waals surface area contributed by atoms with Crippen LogP contribution in [0.5, 0.6) is 0 Å². The predicted molar refractivity (Wildman–Crippen MR) is 54.7 cm³/mol. The summed E-state index contributed by atoms with van der Waals surface area (Å²) in [7, 11) is 0. The van der Waals surface area contributed by atoms with Gasteiger partial charge in [-0.1, -0.05) is 13.8 Å². The van der Waals surface area contributed by atoms with Gasteiger partial charge < -0.3 is 0 Å². The lowest BCUT2D eigenvalue weighted by molar-refractivity contribution is 0.425. The molecule has 0 unspecified atom stereocenters. The molecule has 0 spiro atoms. The molecule has 0 atom stereocenters. The van der Waals surface area contributed by atoms with Crippen LogP contribution < -0.4 is 0 Å². The zero-order valence-corrected chi connectivity index (χ0v) is 9.34. The molecule has 0 saturated carbocycles. The average molecular weight is 234 g/mol. The van der Waals surface area contributed by atoms with Crippen LogP contribution in [0.25, 0.3) is 0 Å². The number of alkyl halides is 2. The highest BCUT2D eigenvalue weighted by Gasteiger charge is 2.22. The van der Waals surface area contributed by atoms with E-state index in [1.165, 1.54) is 0 Å². The molecule has 16 heavy (non-hydrogen) atoms. The molecule has 1 aromatic rings. The fourth-order valence-corrected chi connectivity index (χ4v) is 1.89. The molecule has 0 aliphatic carbocycles. The standard InChI is InChI=1S/C12H14F4/c1-3-7-9(5-13)10(6-14)12(16)8(4-2)11(7)15/h3-6H2,1-2H3. The predicted octanol–water partition coefficient (Wildman–Crippen LogP) is 4.03. The fraction of sp³-hybridized carbons (Fsp3) is 0.500. The van der Waals surface area contributed by atoms with Crippen LogP contribution >= 0.6 is 0 Å². The Labute approximate surface area is 92.3 Å². The monoisotopic (exact) mass is 234 g/mol. The van der Waals surface area contributed by atoms with Crippen molar-refractivity contribution >= 4 is 0 Å². The van der Waals surface area contributed by atoms with Crippen molar-refractivity contribution in [3.8, 4) is 0 Å².